The molecule has 8 heteroatoms. The van der Waals surface area contributed by atoms with E-state index in [4.69, 9.17) is 10.5 Å². The van der Waals surface area contributed by atoms with Crippen molar-refractivity contribution in [1.82, 2.24) is 10.2 Å². The van der Waals surface area contributed by atoms with Gasteiger partial charge in [0.05, 0.1) is 24.2 Å². The van der Waals surface area contributed by atoms with Crippen LogP contribution in [0.25, 0.3) is 0 Å². The van der Waals surface area contributed by atoms with Crippen molar-refractivity contribution in [1.29, 1.82) is 0 Å². The van der Waals surface area contributed by atoms with Gasteiger partial charge in [0.25, 0.3) is 0 Å². The number of likely N-dealkylation sites (tertiary alicyclic amines) is 1. The van der Waals surface area contributed by atoms with Crippen molar-refractivity contribution < 1.29 is 19.1 Å². The zero-order valence-corrected chi connectivity index (χ0v) is 21.5. The van der Waals surface area contributed by atoms with Crippen molar-refractivity contribution in [3.05, 3.63) is 71.8 Å². The maximum absolute atomic E-state index is 13.4. The highest BCUT2D eigenvalue weighted by molar-refractivity contribution is 5.92. The van der Waals surface area contributed by atoms with E-state index in [0.717, 1.165) is 11.1 Å². The van der Waals surface area contributed by atoms with Crippen molar-refractivity contribution in [2.75, 3.05) is 19.7 Å². The van der Waals surface area contributed by atoms with Crippen LogP contribution in [-0.4, -0.2) is 53.8 Å². The Labute approximate surface area is 213 Å². The first kappa shape index (κ1) is 28.5. The monoisotopic (exact) mass is 501 g/mol. The van der Waals surface area contributed by atoms with E-state index in [2.05, 4.69) is 5.32 Å². The minimum absolute atomic E-state index is 0. The summed E-state index contributed by atoms with van der Waals surface area (Å²) >= 11 is 0. The fourth-order valence-electron chi connectivity index (χ4n) is 4.32. The molecule has 0 bridgehead atoms. The minimum Gasteiger partial charge on any atom is -0.374 e. The molecule has 1 saturated heterocycles. The summed E-state index contributed by atoms with van der Waals surface area (Å²) in [4.78, 5) is 40.4. The molecule has 0 unspecified atom stereocenters. The number of piperidine rings is 1. The fraction of sp³-hybridized carbons (Fsp3) is 0.444. The quantitative estimate of drug-likeness (QED) is 0.550. The molecule has 1 heterocycles. The molecule has 190 valence electrons. The Balaban J connectivity index is 0.00000432. The number of nitrogens with zero attached hydrogens (tertiary/aromatic N) is 1. The molecule has 0 spiro atoms. The zero-order valence-electron chi connectivity index (χ0n) is 20.7. The van der Waals surface area contributed by atoms with Gasteiger partial charge in [-0.2, -0.15) is 0 Å². The molecule has 7 nitrogen and oxygen atoms in total. The van der Waals surface area contributed by atoms with Gasteiger partial charge >= 0.3 is 0 Å². The van der Waals surface area contributed by atoms with Crippen LogP contribution in [0.4, 0.5) is 0 Å². The minimum atomic E-state index is -1.13. The van der Waals surface area contributed by atoms with Crippen LogP contribution in [0, 0.1) is 0 Å². The molecule has 35 heavy (non-hydrogen) atoms. The first-order chi connectivity index (χ1) is 16.1. The summed E-state index contributed by atoms with van der Waals surface area (Å²) in [6.07, 6.45) is 1.07. The Kier molecular flexibility index (Phi) is 10.0. The van der Waals surface area contributed by atoms with Crippen molar-refractivity contribution in [2.45, 2.75) is 57.2 Å². The molecule has 1 atom stereocenters. The fourth-order valence-corrected chi connectivity index (χ4v) is 4.32. The van der Waals surface area contributed by atoms with Crippen LogP contribution in [0.2, 0.25) is 0 Å². The van der Waals surface area contributed by atoms with E-state index in [1.165, 1.54) is 0 Å². The van der Waals surface area contributed by atoms with E-state index >= 15 is 0 Å². The summed E-state index contributed by atoms with van der Waals surface area (Å²) in [7, 11) is 0. The van der Waals surface area contributed by atoms with E-state index in [-0.39, 0.29) is 30.7 Å². The smallest absolute Gasteiger partial charge is 0.247 e. The SMILES string of the molecule is CC(=O)C1(c2ccccc2)CCN(C(=O)[C@@H](COCc2ccccc2)NC(=O)C(C)(C)N)CC1.Cl. The van der Waals surface area contributed by atoms with Crippen molar-refractivity contribution in [3.8, 4) is 0 Å². The lowest BCUT2D eigenvalue weighted by Crippen LogP contribution is -2.59. The van der Waals surface area contributed by atoms with Gasteiger partial charge in [0.2, 0.25) is 11.8 Å². The van der Waals surface area contributed by atoms with Crippen LogP contribution in [0.5, 0.6) is 0 Å². The van der Waals surface area contributed by atoms with Gasteiger partial charge < -0.3 is 20.7 Å². The predicted molar refractivity (Wildman–Crippen MR) is 138 cm³/mol. The van der Waals surface area contributed by atoms with Crippen LogP contribution in [0.3, 0.4) is 0 Å². The van der Waals surface area contributed by atoms with Crippen LogP contribution >= 0.6 is 12.4 Å². The number of hydrogen-bond acceptors (Lipinski definition) is 5. The van der Waals surface area contributed by atoms with Gasteiger partial charge in [-0.05, 0) is 44.7 Å². The number of nitrogens with two attached hydrogens (primary N) is 1. The molecule has 0 aliphatic carbocycles. The summed E-state index contributed by atoms with van der Waals surface area (Å²) in [5.74, 6) is -0.545. The topological polar surface area (TPSA) is 102 Å². The summed E-state index contributed by atoms with van der Waals surface area (Å²) in [6, 6.07) is 18.5. The van der Waals surface area contributed by atoms with Gasteiger partial charge in [0, 0.05) is 13.1 Å². The van der Waals surface area contributed by atoms with Gasteiger partial charge in [0.1, 0.15) is 11.8 Å². The molecular weight excluding hydrogens is 466 g/mol. The number of rotatable bonds is 9. The van der Waals surface area contributed by atoms with E-state index in [9.17, 15) is 14.4 Å². The molecule has 2 aromatic rings. The first-order valence-electron chi connectivity index (χ1n) is 11.7. The third-order valence-corrected chi connectivity index (χ3v) is 6.51. The molecule has 2 aromatic carbocycles. The van der Waals surface area contributed by atoms with Crippen LogP contribution in [-0.2, 0) is 31.1 Å². The average Bonchev–Trinajstić information content (AvgIpc) is 2.83. The number of amides is 2. The first-order valence-corrected chi connectivity index (χ1v) is 11.7. The Morgan fingerprint density at radius 2 is 1.57 bits per heavy atom. The average molecular weight is 502 g/mol. The second kappa shape index (κ2) is 12.3. The van der Waals surface area contributed by atoms with Crippen LogP contribution in [0.15, 0.2) is 60.7 Å². The van der Waals surface area contributed by atoms with Crippen LogP contribution < -0.4 is 11.1 Å². The molecule has 3 rings (SSSR count). The number of hydrogen-bond donors (Lipinski definition) is 2. The van der Waals surface area contributed by atoms with E-state index in [0.29, 0.717) is 32.5 Å². The standard InChI is InChI=1S/C27H35N3O4.ClH/c1-20(31)27(22-12-8-5-9-13-22)14-16-30(17-15-27)24(32)23(29-25(33)26(2,3)28)19-34-18-21-10-6-4-7-11-21;/h4-13,23H,14-19,28H2,1-3H3,(H,29,33);1H/t23-;/m1./s1. The number of halogens is 1. The van der Waals surface area contributed by atoms with E-state index in [1.807, 2.05) is 60.7 Å². The van der Waals surface area contributed by atoms with Crippen molar-refractivity contribution in [2.24, 2.45) is 5.73 Å². The van der Waals surface area contributed by atoms with Gasteiger partial charge in [-0.3, -0.25) is 14.4 Å². The van der Waals surface area contributed by atoms with Crippen LogP contribution in [0.1, 0.15) is 44.7 Å². The normalized spacial score (nSPS) is 16.1. The van der Waals surface area contributed by atoms with Gasteiger partial charge in [-0.15, -0.1) is 12.4 Å². The summed E-state index contributed by atoms with van der Waals surface area (Å²) < 4.78 is 5.80. The van der Waals surface area contributed by atoms with Crippen molar-refractivity contribution in [3.63, 3.8) is 0 Å². The van der Waals surface area contributed by atoms with E-state index < -0.39 is 22.9 Å². The Hall–Kier alpha value is -2.74. The second-order valence-corrected chi connectivity index (χ2v) is 9.58. The maximum Gasteiger partial charge on any atom is 0.247 e. The zero-order chi connectivity index (χ0) is 24.8. The molecule has 0 aromatic heterocycles. The largest absolute Gasteiger partial charge is 0.374 e. The molecule has 2 amide bonds. The number of Topliss-reactive ketones (excluding diaryl/α,β-unsaturated/α-hetero) is 1. The predicted octanol–water partition coefficient (Wildman–Crippen LogP) is 3.00. The van der Waals surface area contributed by atoms with Gasteiger partial charge in [-0.25, -0.2) is 0 Å². The third kappa shape index (κ3) is 7.13. The van der Waals surface area contributed by atoms with Gasteiger partial charge in [0.15, 0.2) is 0 Å². The highest BCUT2D eigenvalue weighted by Gasteiger charge is 2.42. The summed E-state index contributed by atoms with van der Waals surface area (Å²) in [5, 5.41) is 2.77. The molecular formula is C27H36ClN3O4. The number of carbonyl (C=O) groups excluding carboxylic acids is 3. The third-order valence-electron chi connectivity index (χ3n) is 6.51. The molecule has 1 aliphatic rings. The van der Waals surface area contributed by atoms with Gasteiger partial charge in [-0.1, -0.05) is 60.7 Å². The summed E-state index contributed by atoms with van der Waals surface area (Å²) in [5.41, 5.74) is 6.18. The molecule has 3 N–H and O–H groups in total. The highest BCUT2D eigenvalue weighted by Crippen LogP contribution is 2.36. The molecule has 0 saturated carbocycles. The lowest BCUT2D eigenvalue weighted by Gasteiger charge is -2.41. The Morgan fingerprint density at radius 3 is 2.09 bits per heavy atom. The van der Waals surface area contributed by atoms with Crippen molar-refractivity contribution >= 4 is 30.0 Å². The Bertz CT molecular complexity index is 984. The summed E-state index contributed by atoms with van der Waals surface area (Å²) in [6.45, 7) is 6.01. The number of carbonyl (C=O) groups is 3. The van der Waals surface area contributed by atoms with E-state index in [1.54, 1.807) is 25.7 Å². The maximum atomic E-state index is 13.4. The second-order valence-electron chi connectivity index (χ2n) is 9.58. The lowest BCUT2D eigenvalue weighted by molar-refractivity contribution is -0.142. The lowest BCUT2D eigenvalue weighted by atomic mass is 9.70. The number of nitrogens with one attached hydrogen (secondary N) is 1. The number of benzene rings is 2. The Morgan fingerprint density at radius 1 is 1.03 bits per heavy atom. The molecule has 0 radical (unpaired) electrons. The molecule has 1 aliphatic heterocycles. The number of ether oxygens (including phenoxy) is 1. The highest BCUT2D eigenvalue weighted by atomic mass is 35.5. The molecule has 1 fully saturated rings. The number of ketones is 1.